The second kappa shape index (κ2) is 4.00. The largest absolute Gasteiger partial charge is 0.281 e. The fourth-order valence-electron chi connectivity index (χ4n) is 1.34. The summed E-state index contributed by atoms with van der Waals surface area (Å²) in [7, 11) is 0. The molecular weight excluding hydrogens is 184 g/mol. The van der Waals surface area contributed by atoms with Crippen LogP contribution < -0.4 is 0 Å². The quantitative estimate of drug-likeness (QED) is 0.625. The molecular formula is C11H21ClO. The monoisotopic (exact) mass is 204 g/mol. The molecule has 0 aromatic carbocycles. The predicted molar refractivity (Wildman–Crippen MR) is 57.9 cm³/mol. The number of hydrogen-bond donors (Lipinski definition) is 0. The summed E-state index contributed by atoms with van der Waals surface area (Å²) < 4.78 is 0. The van der Waals surface area contributed by atoms with Crippen LogP contribution in [0.5, 0.6) is 0 Å². The Bertz CT molecular complexity index is 183. The second-order valence-electron chi connectivity index (χ2n) is 5.99. The van der Waals surface area contributed by atoms with E-state index < -0.39 is 0 Å². The van der Waals surface area contributed by atoms with Crippen LogP contribution in [0.1, 0.15) is 48.0 Å². The van der Waals surface area contributed by atoms with Crippen molar-refractivity contribution in [3.63, 3.8) is 0 Å². The molecule has 0 amide bonds. The van der Waals surface area contributed by atoms with Crippen LogP contribution in [0.3, 0.4) is 0 Å². The number of carbonyl (C=O) groups is 1. The van der Waals surface area contributed by atoms with Gasteiger partial charge in [-0.15, -0.1) is 0 Å². The van der Waals surface area contributed by atoms with Crippen molar-refractivity contribution in [1.82, 2.24) is 0 Å². The van der Waals surface area contributed by atoms with E-state index in [0.717, 1.165) is 6.42 Å². The molecule has 13 heavy (non-hydrogen) atoms. The van der Waals surface area contributed by atoms with Crippen molar-refractivity contribution < 1.29 is 4.79 Å². The van der Waals surface area contributed by atoms with Crippen molar-refractivity contribution in [2.24, 2.45) is 16.7 Å². The molecule has 78 valence electrons. The Morgan fingerprint density at radius 2 is 1.54 bits per heavy atom. The Balaban J connectivity index is 4.56. The first kappa shape index (κ1) is 13.0. The average molecular weight is 205 g/mol. The number of halogens is 1. The number of carbonyl (C=O) groups excluding carboxylic acids is 1. The minimum absolute atomic E-state index is 0.0356. The average Bonchev–Trinajstić information content (AvgIpc) is 1.77. The summed E-state index contributed by atoms with van der Waals surface area (Å²) in [6.45, 7) is 12.6. The molecule has 1 nitrogen and oxygen atoms in total. The Morgan fingerprint density at radius 3 is 1.62 bits per heavy atom. The third kappa shape index (κ3) is 5.30. The van der Waals surface area contributed by atoms with Gasteiger partial charge in [0.15, 0.2) is 0 Å². The van der Waals surface area contributed by atoms with Crippen molar-refractivity contribution >= 4 is 16.8 Å². The van der Waals surface area contributed by atoms with Crippen LogP contribution in [0.2, 0.25) is 0 Å². The Hall–Kier alpha value is -0.0400. The summed E-state index contributed by atoms with van der Waals surface area (Å²) in [5, 5.41) is -0.206. The van der Waals surface area contributed by atoms with Crippen molar-refractivity contribution in [2.75, 3.05) is 0 Å². The smallest absolute Gasteiger partial charge is 0.225 e. The molecule has 0 aromatic heterocycles. The molecule has 0 fully saturated rings. The summed E-state index contributed by atoms with van der Waals surface area (Å²) in [5.74, 6) is -0.0471. The van der Waals surface area contributed by atoms with Crippen LogP contribution in [0.25, 0.3) is 0 Å². The standard InChI is InChI=1S/C11H21ClO/c1-10(2,3)7-8(9(12)13)11(4,5)6/h8H,7H2,1-6H3. The first-order chi connectivity index (χ1) is 5.54. The highest BCUT2D eigenvalue weighted by atomic mass is 35.5. The Morgan fingerprint density at radius 1 is 1.15 bits per heavy atom. The highest BCUT2D eigenvalue weighted by Gasteiger charge is 2.33. The van der Waals surface area contributed by atoms with Gasteiger partial charge in [0.2, 0.25) is 5.24 Å². The first-order valence-corrected chi connectivity index (χ1v) is 5.11. The van der Waals surface area contributed by atoms with Gasteiger partial charge in [0.05, 0.1) is 0 Å². The lowest BCUT2D eigenvalue weighted by molar-refractivity contribution is -0.119. The molecule has 0 N–H and O–H groups in total. The van der Waals surface area contributed by atoms with Crippen LogP contribution in [0.15, 0.2) is 0 Å². The SMILES string of the molecule is CC(C)(C)CC(C(=O)Cl)C(C)(C)C. The van der Waals surface area contributed by atoms with Crippen LogP contribution in [0.4, 0.5) is 0 Å². The van der Waals surface area contributed by atoms with Crippen LogP contribution in [0, 0.1) is 16.7 Å². The molecule has 0 rings (SSSR count). The normalized spacial score (nSPS) is 15.6. The van der Waals surface area contributed by atoms with Crippen molar-refractivity contribution in [2.45, 2.75) is 48.0 Å². The molecule has 0 aromatic rings. The van der Waals surface area contributed by atoms with Crippen molar-refractivity contribution in [3.05, 3.63) is 0 Å². The molecule has 1 atom stereocenters. The summed E-state index contributed by atoms with van der Waals surface area (Å²) in [4.78, 5) is 11.2. The predicted octanol–water partition coefficient (Wildman–Crippen LogP) is 3.85. The molecule has 0 saturated carbocycles. The highest BCUT2D eigenvalue weighted by Crippen LogP contribution is 2.37. The molecule has 1 unspecified atom stereocenters. The van der Waals surface area contributed by atoms with E-state index in [-0.39, 0.29) is 22.0 Å². The van der Waals surface area contributed by atoms with Gasteiger partial charge in [-0.25, -0.2) is 0 Å². The lowest BCUT2D eigenvalue weighted by atomic mass is 9.73. The fraction of sp³-hybridized carbons (Fsp3) is 0.909. The van der Waals surface area contributed by atoms with Gasteiger partial charge in [0.1, 0.15) is 0 Å². The van der Waals surface area contributed by atoms with E-state index in [4.69, 9.17) is 11.6 Å². The van der Waals surface area contributed by atoms with Crippen LogP contribution in [-0.2, 0) is 4.79 Å². The van der Waals surface area contributed by atoms with Gasteiger partial charge in [-0.3, -0.25) is 4.79 Å². The van der Waals surface area contributed by atoms with Gasteiger partial charge in [-0.1, -0.05) is 41.5 Å². The van der Waals surface area contributed by atoms with Crippen LogP contribution >= 0.6 is 11.6 Å². The van der Waals surface area contributed by atoms with E-state index in [1.807, 2.05) is 0 Å². The van der Waals surface area contributed by atoms with Crippen molar-refractivity contribution in [1.29, 1.82) is 0 Å². The topological polar surface area (TPSA) is 17.1 Å². The zero-order valence-corrected chi connectivity index (χ0v) is 10.3. The van der Waals surface area contributed by atoms with Gasteiger partial charge < -0.3 is 0 Å². The minimum Gasteiger partial charge on any atom is -0.281 e. The van der Waals surface area contributed by atoms with Gasteiger partial charge in [-0.05, 0) is 28.9 Å². The fourth-order valence-corrected chi connectivity index (χ4v) is 1.74. The van der Waals surface area contributed by atoms with E-state index in [0.29, 0.717) is 0 Å². The summed E-state index contributed by atoms with van der Waals surface area (Å²) in [6, 6.07) is 0. The van der Waals surface area contributed by atoms with E-state index >= 15 is 0 Å². The second-order valence-corrected chi connectivity index (χ2v) is 6.36. The van der Waals surface area contributed by atoms with Gasteiger partial charge in [-0.2, -0.15) is 0 Å². The molecule has 0 bridgehead atoms. The van der Waals surface area contributed by atoms with Crippen molar-refractivity contribution in [3.8, 4) is 0 Å². The van der Waals surface area contributed by atoms with E-state index in [2.05, 4.69) is 41.5 Å². The maximum absolute atomic E-state index is 11.2. The molecule has 0 heterocycles. The zero-order valence-electron chi connectivity index (χ0n) is 9.57. The summed E-state index contributed by atoms with van der Waals surface area (Å²) in [5.41, 5.74) is 0.120. The third-order valence-corrected chi connectivity index (χ3v) is 2.40. The molecule has 0 spiro atoms. The Kier molecular flexibility index (Phi) is 3.98. The molecule has 0 aliphatic rings. The number of hydrogen-bond acceptors (Lipinski definition) is 1. The van der Waals surface area contributed by atoms with Crippen LogP contribution in [-0.4, -0.2) is 5.24 Å². The third-order valence-electron chi connectivity index (χ3n) is 2.14. The molecule has 2 heteroatoms. The molecule has 0 radical (unpaired) electrons. The Labute approximate surface area is 86.9 Å². The first-order valence-electron chi connectivity index (χ1n) is 4.73. The van der Waals surface area contributed by atoms with Gasteiger partial charge in [0.25, 0.3) is 0 Å². The highest BCUT2D eigenvalue weighted by molar-refractivity contribution is 6.64. The minimum atomic E-state index is -0.206. The lowest BCUT2D eigenvalue weighted by Gasteiger charge is -2.32. The maximum Gasteiger partial charge on any atom is 0.225 e. The summed E-state index contributed by atoms with van der Waals surface area (Å²) >= 11 is 5.60. The number of rotatable bonds is 2. The lowest BCUT2D eigenvalue weighted by Crippen LogP contribution is -2.29. The zero-order chi connectivity index (χ0) is 10.9. The van der Waals surface area contributed by atoms with E-state index in [1.54, 1.807) is 0 Å². The maximum atomic E-state index is 11.2. The summed E-state index contributed by atoms with van der Waals surface area (Å²) in [6.07, 6.45) is 0.846. The molecule has 0 aliphatic heterocycles. The molecule has 0 saturated heterocycles. The van der Waals surface area contributed by atoms with Gasteiger partial charge >= 0.3 is 0 Å². The van der Waals surface area contributed by atoms with E-state index in [9.17, 15) is 4.79 Å². The van der Waals surface area contributed by atoms with E-state index in [1.165, 1.54) is 0 Å². The molecule has 0 aliphatic carbocycles. The van der Waals surface area contributed by atoms with Gasteiger partial charge in [0, 0.05) is 5.92 Å².